The van der Waals surface area contributed by atoms with Gasteiger partial charge in [0.2, 0.25) is 20.0 Å². The molecule has 0 atom stereocenters. The van der Waals surface area contributed by atoms with E-state index in [1.165, 1.54) is 15.8 Å². The summed E-state index contributed by atoms with van der Waals surface area (Å²) in [6.45, 7) is 0.0330. The summed E-state index contributed by atoms with van der Waals surface area (Å²) >= 11 is 0.941. The minimum absolute atomic E-state index is 0.0543. The maximum absolute atomic E-state index is 12.6. The summed E-state index contributed by atoms with van der Waals surface area (Å²) in [5, 5.41) is 1.46. The van der Waals surface area contributed by atoms with Crippen molar-refractivity contribution in [3.8, 4) is 0 Å². The molecule has 0 saturated carbocycles. The number of sulfonamides is 2. The number of ether oxygens (including phenoxy) is 1. The lowest BCUT2D eigenvalue weighted by Crippen LogP contribution is -2.37. The summed E-state index contributed by atoms with van der Waals surface area (Å²) in [6, 6.07) is 8.50. The van der Waals surface area contributed by atoms with Gasteiger partial charge in [0, 0.05) is 13.1 Å². The molecule has 1 aromatic carbocycles. The van der Waals surface area contributed by atoms with E-state index in [4.69, 9.17) is 0 Å². The first-order chi connectivity index (χ1) is 12.8. The quantitative estimate of drug-likeness (QED) is 0.661. The van der Waals surface area contributed by atoms with E-state index < -0.39 is 31.8 Å². The van der Waals surface area contributed by atoms with E-state index in [2.05, 4.69) is 9.46 Å². The molecule has 0 saturated heterocycles. The highest BCUT2D eigenvalue weighted by Gasteiger charge is 2.30. The van der Waals surface area contributed by atoms with Crippen LogP contribution in [-0.4, -0.2) is 48.8 Å². The first-order valence-electron chi connectivity index (χ1n) is 8.00. The molecular weight excluding hydrogens is 412 g/mol. The van der Waals surface area contributed by atoms with Gasteiger partial charge in [-0.15, -0.1) is 11.3 Å². The van der Waals surface area contributed by atoms with Crippen molar-refractivity contribution >= 4 is 43.0 Å². The predicted molar refractivity (Wildman–Crippen MR) is 102 cm³/mol. The van der Waals surface area contributed by atoms with Gasteiger partial charge in [-0.3, -0.25) is 4.31 Å². The number of benzene rings is 1. The Bertz CT molecular complexity index is 1060. The van der Waals surface area contributed by atoms with Crippen LogP contribution in [0.2, 0.25) is 0 Å². The lowest BCUT2D eigenvalue weighted by molar-refractivity contribution is 0.0602. The van der Waals surface area contributed by atoms with E-state index in [9.17, 15) is 21.6 Å². The summed E-state index contributed by atoms with van der Waals surface area (Å²) in [5.74, 6) is -1.15. The smallest absolute Gasteiger partial charge is 0.349 e. The molecule has 0 fully saturated rings. The van der Waals surface area contributed by atoms with E-state index in [-0.39, 0.29) is 16.3 Å². The molecule has 1 aromatic heterocycles. The Kier molecular flexibility index (Phi) is 5.56. The van der Waals surface area contributed by atoms with Crippen LogP contribution in [0.4, 0.5) is 5.69 Å². The van der Waals surface area contributed by atoms with Gasteiger partial charge in [-0.2, -0.15) is 0 Å². The lowest BCUT2D eigenvalue weighted by Gasteiger charge is -2.19. The number of nitrogens with one attached hydrogen (secondary N) is 1. The highest BCUT2D eigenvalue weighted by molar-refractivity contribution is 7.93. The molecule has 1 aliphatic rings. The molecule has 11 heteroatoms. The molecule has 0 radical (unpaired) electrons. The molecule has 2 heterocycles. The van der Waals surface area contributed by atoms with Crippen molar-refractivity contribution in [3.63, 3.8) is 0 Å². The Labute approximate surface area is 161 Å². The Morgan fingerprint density at radius 3 is 2.70 bits per heavy atom. The molecule has 8 nitrogen and oxygen atoms in total. The van der Waals surface area contributed by atoms with Gasteiger partial charge < -0.3 is 4.74 Å². The largest absolute Gasteiger partial charge is 0.465 e. The van der Waals surface area contributed by atoms with Gasteiger partial charge >= 0.3 is 5.97 Å². The number of carbonyl (C=O) groups is 1. The highest BCUT2D eigenvalue weighted by atomic mass is 32.2. The number of fused-ring (bicyclic) bond motifs is 1. The molecule has 3 rings (SSSR count). The van der Waals surface area contributed by atoms with Crippen LogP contribution < -0.4 is 9.03 Å². The molecule has 0 aliphatic carbocycles. The molecule has 0 spiro atoms. The summed E-state index contributed by atoms with van der Waals surface area (Å²) < 4.78 is 58.2. The van der Waals surface area contributed by atoms with Crippen molar-refractivity contribution in [1.29, 1.82) is 0 Å². The fourth-order valence-electron chi connectivity index (χ4n) is 2.84. The first-order valence-corrected chi connectivity index (χ1v) is 12.0. The van der Waals surface area contributed by atoms with Crippen LogP contribution in [0.5, 0.6) is 0 Å². The topological polar surface area (TPSA) is 110 Å². The van der Waals surface area contributed by atoms with Crippen LogP contribution >= 0.6 is 11.3 Å². The van der Waals surface area contributed by atoms with Crippen LogP contribution in [0.1, 0.15) is 15.2 Å². The maximum atomic E-state index is 12.6. The van der Waals surface area contributed by atoms with Gasteiger partial charge in [0.25, 0.3) is 0 Å². The minimum atomic E-state index is -4.03. The van der Waals surface area contributed by atoms with Crippen molar-refractivity contribution in [3.05, 3.63) is 46.2 Å². The van der Waals surface area contributed by atoms with Crippen LogP contribution in [0, 0.1) is 0 Å². The SMILES string of the molecule is COC(=O)c1sccc1S(=O)(=O)NCCS(=O)(=O)N1CCc2ccccc21. The average Bonchev–Trinajstić information content (AvgIpc) is 3.28. The predicted octanol–water partition coefficient (Wildman–Crippen LogP) is 1.21. The Morgan fingerprint density at radius 2 is 1.96 bits per heavy atom. The summed E-state index contributed by atoms with van der Waals surface area (Å²) in [6.07, 6.45) is 0.624. The van der Waals surface area contributed by atoms with Gasteiger partial charge in [0.15, 0.2) is 0 Å². The molecule has 0 amide bonds. The number of thiophene rings is 1. The first kappa shape index (κ1) is 19.8. The van der Waals surface area contributed by atoms with E-state index in [0.717, 1.165) is 24.0 Å². The molecule has 0 unspecified atom stereocenters. The van der Waals surface area contributed by atoms with Crippen molar-refractivity contribution < 1.29 is 26.4 Å². The summed E-state index contributed by atoms with van der Waals surface area (Å²) in [5.41, 5.74) is 1.58. The number of para-hydroxylation sites is 1. The van der Waals surface area contributed by atoms with Crippen molar-refractivity contribution in [2.75, 3.05) is 30.3 Å². The van der Waals surface area contributed by atoms with Crippen LogP contribution in [0.25, 0.3) is 0 Å². The number of nitrogens with zero attached hydrogens (tertiary/aromatic N) is 1. The number of carbonyl (C=O) groups excluding carboxylic acids is 1. The Balaban J connectivity index is 1.69. The molecule has 27 heavy (non-hydrogen) atoms. The molecule has 146 valence electrons. The lowest BCUT2D eigenvalue weighted by atomic mass is 10.2. The van der Waals surface area contributed by atoms with E-state index >= 15 is 0 Å². The normalized spacial score (nSPS) is 14.2. The van der Waals surface area contributed by atoms with Crippen molar-refractivity contribution in [2.45, 2.75) is 11.3 Å². The standard InChI is InChI=1S/C16H18N2O6S3/c1-24-16(19)15-14(7-10-25-15)27(22,23)17-8-11-26(20,21)18-9-6-12-4-2-3-5-13(12)18/h2-5,7,10,17H,6,8-9,11H2,1H3. The Hall–Kier alpha value is -1.95. The van der Waals surface area contributed by atoms with E-state index in [0.29, 0.717) is 18.7 Å². The number of methoxy groups -OCH3 is 1. The average molecular weight is 431 g/mol. The van der Waals surface area contributed by atoms with Crippen LogP contribution in [0.3, 0.4) is 0 Å². The minimum Gasteiger partial charge on any atom is -0.465 e. The zero-order valence-corrected chi connectivity index (χ0v) is 16.9. The third-order valence-corrected chi connectivity index (χ3v) is 8.42. The Morgan fingerprint density at radius 1 is 1.22 bits per heavy atom. The zero-order valence-electron chi connectivity index (χ0n) is 14.4. The third-order valence-electron chi connectivity index (χ3n) is 4.12. The van der Waals surface area contributed by atoms with Crippen molar-refractivity contribution in [2.24, 2.45) is 0 Å². The number of esters is 1. The van der Waals surface area contributed by atoms with Crippen LogP contribution in [-0.2, 0) is 31.2 Å². The summed E-state index contributed by atoms with van der Waals surface area (Å²) in [7, 11) is -6.55. The zero-order chi connectivity index (χ0) is 19.7. The van der Waals surface area contributed by atoms with Gasteiger partial charge in [-0.1, -0.05) is 18.2 Å². The van der Waals surface area contributed by atoms with E-state index in [1.807, 2.05) is 12.1 Å². The number of hydrogen-bond acceptors (Lipinski definition) is 7. The fraction of sp³-hybridized carbons (Fsp3) is 0.312. The van der Waals surface area contributed by atoms with Gasteiger partial charge in [-0.05, 0) is 29.5 Å². The third kappa shape index (κ3) is 4.00. The van der Waals surface area contributed by atoms with E-state index in [1.54, 1.807) is 12.1 Å². The monoisotopic (exact) mass is 430 g/mol. The highest BCUT2D eigenvalue weighted by Crippen LogP contribution is 2.30. The van der Waals surface area contributed by atoms with Gasteiger partial charge in [-0.25, -0.2) is 26.4 Å². The molecule has 1 N–H and O–H groups in total. The number of hydrogen-bond donors (Lipinski definition) is 1. The second-order valence-electron chi connectivity index (χ2n) is 5.77. The molecule has 1 aliphatic heterocycles. The van der Waals surface area contributed by atoms with Gasteiger partial charge in [0.1, 0.15) is 9.77 Å². The number of anilines is 1. The van der Waals surface area contributed by atoms with Crippen LogP contribution in [0.15, 0.2) is 40.6 Å². The molecule has 2 aromatic rings. The maximum Gasteiger partial charge on any atom is 0.349 e. The van der Waals surface area contributed by atoms with Gasteiger partial charge in [0.05, 0.1) is 18.6 Å². The summed E-state index contributed by atoms with van der Waals surface area (Å²) in [4.78, 5) is 11.4. The molecular formula is C16H18N2O6S3. The number of rotatable bonds is 7. The molecule has 0 bridgehead atoms. The second-order valence-corrected chi connectivity index (χ2v) is 10.4. The fourth-order valence-corrected chi connectivity index (χ4v) is 6.76. The second kappa shape index (κ2) is 7.58. The van der Waals surface area contributed by atoms with Crippen molar-refractivity contribution in [1.82, 2.24) is 4.72 Å².